The Morgan fingerprint density at radius 2 is 2.18 bits per heavy atom. The van der Waals surface area contributed by atoms with E-state index >= 15 is 0 Å². The summed E-state index contributed by atoms with van der Waals surface area (Å²) in [6.45, 7) is 3.74. The number of carbonyl (C=O) groups excluding carboxylic acids is 1. The number of aliphatic hydroxyl groups is 1. The summed E-state index contributed by atoms with van der Waals surface area (Å²) < 4.78 is 0. The molecule has 5 heteroatoms. The highest BCUT2D eigenvalue weighted by atomic mass is 16.3. The minimum absolute atomic E-state index is 0.0514. The molecule has 0 aromatic heterocycles. The zero-order valence-electron chi connectivity index (χ0n) is 13.4. The van der Waals surface area contributed by atoms with Crippen molar-refractivity contribution in [2.75, 3.05) is 33.2 Å². The normalized spacial score (nSPS) is 18.5. The van der Waals surface area contributed by atoms with Gasteiger partial charge in [0.2, 0.25) is 0 Å². The fourth-order valence-electron chi connectivity index (χ4n) is 2.77. The summed E-state index contributed by atoms with van der Waals surface area (Å²) in [5.74, 6) is 0. The van der Waals surface area contributed by atoms with Crippen LogP contribution in [0.5, 0.6) is 0 Å². The fourth-order valence-corrected chi connectivity index (χ4v) is 2.77. The lowest BCUT2D eigenvalue weighted by Gasteiger charge is -2.30. The Bertz CT molecular complexity index is 452. The molecule has 1 atom stereocenters. The largest absolute Gasteiger partial charge is 0.391 e. The molecule has 122 valence electrons. The molecule has 2 amide bonds. The molecule has 0 bridgehead atoms. The zero-order valence-corrected chi connectivity index (χ0v) is 13.4. The van der Waals surface area contributed by atoms with Crippen molar-refractivity contribution in [1.29, 1.82) is 0 Å². The van der Waals surface area contributed by atoms with Crippen LogP contribution in [0.4, 0.5) is 4.79 Å². The molecule has 1 aliphatic heterocycles. The average Bonchev–Trinajstić information content (AvgIpc) is 2.52. The second-order valence-electron chi connectivity index (χ2n) is 6.05. The first-order valence-corrected chi connectivity index (χ1v) is 8.08. The number of piperidine rings is 1. The van der Waals surface area contributed by atoms with Crippen molar-refractivity contribution in [3.05, 3.63) is 35.9 Å². The van der Waals surface area contributed by atoms with E-state index in [0.717, 1.165) is 38.9 Å². The number of nitrogens with zero attached hydrogens (tertiary/aromatic N) is 2. The van der Waals surface area contributed by atoms with Crippen molar-refractivity contribution < 1.29 is 9.90 Å². The predicted octanol–water partition coefficient (Wildman–Crippen LogP) is 1.67. The number of β-amino-alcohol motifs (C(OH)–C–C–N with tert-alkyl or cyclic N) is 1. The van der Waals surface area contributed by atoms with Crippen molar-refractivity contribution in [2.45, 2.75) is 31.9 Å². The summed E-state index contributed by atoms with van der Waals surface area (Å²) in [7, 11) is 2.09. The molecule has 0 radical (unpaired) electrons. The van der Waals surface area contributed by atoms with Gasteiger partial charge in [-0.05, 0) is 38.4 Å². The number of carbonyl (C=O) groups is 1. The molecule has 2 rings (SSSR count). The van der Waals surface area contributed by atoms with Crippen LogP contribution in [0.3, 0.4) is 0 Å². The molecule has 1 saturated heterocycles. The van der Waals surface area contributed by atoms with Crippen molar-refractivity contribution in [3.8, 4) is 0 Å². The van der Waals surface area contributed by atoms with Gasteiger partial charge in [0, 0.05) is 26.2 Å². The van der Waals surface area contributed by atoms with E-state index in [0.29, 0.717) is 13.1 Å². The molecule has 5 nitrogen and oxygen atoms in total. The molecule has 1 unspecified atom stereocenters. The molecule has 2 N–H and O–H groups in total. The van der Waals surface area contributed by atoms with E-state index in [4.69, 9.17) is 0 Å². The van der Waals surface area contributed by atoms with E-state index in [1.165, 1.54) is 5.56 Å². The maximum atomic E-state index is 12.0. The van der Waals surface area contributed by atoms with Crippen LogP contribution in [-0.4, -0.2) is 60.3 Å². The van der Waals surface area contributed by atoms with Crippen LogP contribution < -0.4 is 5.32 Å². The van der Waals surface area contributed by atoms with E-state index in [1.807, 2.05) is 6.07 Å². The van der Waals surface area contributed by atoms with Crippen molar-refractivity contribution in [1.82, 2.24) is 15.1 Å². The molecule has 1 aliphatic rings. The number of amides is 2. The minimum atomic E-state index is -0.364. The Hall–Kier alpha value is -1.59. The van der Waals surface area contributed by atoms with Crippen LogP contribution in [0, 0.1) is 0 Å². The van der Waals surface area contributed by atoms with Crippen LogP contribution in [0.15, 0.2) is 30.3 Å². The second kappa shape index (κ2) is 8.76. The summed E-state index contributed by atoms with van der Waals surface area (Å²) in [6.07, 6.45) is 2.24. The van der Waals surface area contributed by atoms with E-state index in [-0.39, 0.29) is 12.1 Å². The number of rotatable bonds is 6. The molecule has 1 aromatic rings. The second-order valence-corrected chi connectivity index (χ2v) is 6.05. The fraction of sp³-hybridized carbons (Fsp3) is 0.588. The monoisotopic (exact) mass is 305 g/mol. The number of hydrogen-bond acceptors (Lipinski definition) is 3. The summed E-state index contributed by atoms with van der Waals surface area (Å²) in [4.78, 5) is 15.9. The van der Waals surface area contributed by atoms with Gasteiger partial charge in [0.05, 0.1) is 6.10 Å². The van der Waals surface area contributed by atoms with Crippen LogP contribution >= 0.6 is 0 Å². The van der Waals surface area contributed by atoms with Gasteiger partial charge in [0.1, 0.15) is 0 Å². The standard InChI is InChI=1S/C17H27N3O2/c1-19(13-15-7-3-2-4-8-15)11-6-10-18-17(22)20-12-5-9-16(21)14-20/h2-4,7-8,16,21H,5-6,9-14H2,1H3,(H,18,22). The lowest BCUT2D eigenvalue weighted by atomic mass is 10.1. The molecular formula is C17H27N3O2. The number of benzene rings is 1. The summed E-state index contributed by atoms with van der Waals surface area (Å²) in [5.41, 5.74) is 1.30. The molecular weight excluding hydrogens is 278 g/mol. The summed E-state index contributed by atoms with van der Waals surface area (Å²) in [5, 5.41) is 12.5. The predicted molar refractivity (Wildman–Crippen MR) is 87.6 cm³/mol. The van der Waals surface area contributed by atoms with Crippen LogP contribution in [0.1, 0.15) is 24.8 Å². The van der Waals surface area contributed by atoms with Crippen molar-refractivity contribution >= 4 is 6.03 Å². The van der Waals surface area contributed by atoms with Gasteiger partial charge in [0.25, 0.3) is 0 Å². The van der Waals surface area contributed by atoms with Gasteiger partial charge in [-0.2, -0.15) is 0 Å². The Kier molecular flexibility index (Phi) is 6.68. The highest BCUT2D eigenvalue weighted by molar-refractivity contribution is 5.74. The lowest BCUT2D eigenvalue weighted by molar-refractivity contribution is 0.0842. The molecule has 1 aromatic carbocycles. The summed E-state index contributed by atoms with van der Waals surface area (Å²) >= 11 is 0. The first kappa shape index (κ1) is 16.8. The molecule has 0 saturated carbocycles. The smallest absolute Gasteiger partial charge is 0.317 e. The van der Waals surface area contributed by atoms with E-state index in [1.54, 1.807) is 4.90 Å². The minimum Gasteiger partial charge on any atom is -0.391 e. The summed E-state index contributed by atoms with van der Waals surface area (Å²) in [6, 6.07) is 10.3. The van der Waals surface area contributed by atoms with Crippen molar-refractivity contribution in [2.24, 2.45) is 0 Å². The van der Waals surface area contributed by atoms with Gasteiger partial charge < -0.3 is 20.2 Å². The highest BCUT2D eigenvalue weighted by Gasteiger charge is 2.21. The molecule has 22 heavy (non-hydrogen) atoms. The number of hydrogen-bond donors (Lipinski definition) is 2. The Morgan fingerprint density at radius 1 is 1.41 bits per heavy atom. The van der Waals surface area contributed by atoms with Gasteiger partial charge in [-0.3, -0.25) is 0 Å². The van der Waals surface area contributed by atoms with Crippen molar-refractivity contribution in [3.63, 3.8) is 0 Å². The SMILES string of the molecule is CN(CCCNC(=O)N1CCCC(O)C1)Cc1ccccc1. The number of aliphatic hydroxyl groups excluding tert-OH is 1. The highest BCUT2D eigenvalue weighted by Crippen LogP contribution is 2.09. The van der Waals surface area contributed by atoms with Gasteiger partial charge in [-0.25, -0.2) is 4.79 Å². The molecule has 1 heterocycles. The maximum Gasteiger partial charge on any atom is 0.317 e. The topological polar surface area (TPSA) is 55.8 Å². The van der Waals surface area contributed by atoms with Gasteiger partial charge in [0.15, 0.2) is 0 Å². The molecule has 1 fully saturated rings. The maximum absolute atomic E-state index is 12.0. The van der Waals surface area contributed by atoms with Crippen LogP contribution in [0.25, 0.3) is 0 Å². The van der Waals surface area contributed by atoms with E-state index in [2.05, 4.69) is 41.5 Å². The van der Waals surface area contributed by atoms with Crippen LogP contribution in [0.2, 0.25) is 0 Å². The zero-order chi connectivity index (χ0) is 15.8. The van der Waals surface area contributed by atoms with Crippen LogP contribution in [-0.2, 0) is 6.54 Å². The third-order valence-electron chi connectivity index (χ3n) is 3.97. The number of nitrogens with one attached hydrogen (secondary N) is 1. The number of urea groups is 1. The first-order chi connectivity index (χ1) is 10.6. The Labute approximate surface area is 132 Å². The number of likely N-dealkylation sites (tertiary alicyclic amines) is 1. The van der Waals surface area contributed by atoms with E-state index in [9.17, 15) is 9.90 Å². The molecule has 0 aliphatic carbocycles. The lowest BCUT2D eigenvalue weighted by Crippen LogP contribution is -2.47. The quantitative estimate of drug-likeness (QED) is 0.786. The Morgan fingerprint density at radius 3 is 2.91 bits per heavy atom. The average molecular weight is 305 g/mol. The third kappa shape index (κ3) is 5.66. The van der Waals surface area contributed by atoms with E-state index < -0.39 is 0 Å². The van der Waals surface area contributed by atoms with Gasteiger partial charge in [-0.15, -0.1) is 0 Å². The molecule has 0 spiro atoms. The van der Waals surface area contributed by atoms with Gasteiger partial charge in [-0.1, -0.05) is 30.3 Å². The first-order valence-electron chi connectivity index (χ1n) is 8.08. The Balaban J connectivity index is 1.59. The van der Waals surface area contributed by atoms with Gasteiger partial charge >= 0.3 is 6.03 Å². The third-order valence-corrected chi connectivity index (χ3v) is 3.97.